The number of hydrogen-bond acceptors (Lipinski definition) is 2. The van der Waals surface area contributed by atoms with Crippen LogP contribution in [0.3, 0.4) is 0 Å². The summed E-state index contributed by atoms with van der Waals surface area (Å²) in [5.74, 6) is -0.517. The fourth-order valence-electron chi connectivity index (χ4n) is 3.09. The summed E-state index contributed by atoms with van der Waals surface area (Å²) in [6, 6.07) is 20.3. The minimum Gasteiger partial charge on any atom is -0.364 e. The Kier molecular flexibility index (Phi) is 3.61. The third-order valence-electron chi connectivity index (χ3n) is 4.33. The number of nitrogens with two attached hydrogens (primary N) is 1. The Labute approximate surface area is 145 Å². The second-order valence-corrected chi connectivity index (χ2v) is 6.12. The lowest BCUT2D eigenvalue weighted by Crippen LogP contribution is -2.12. The zero-order chi connectivity index (χ0) is 17.4. The van der Waals surface area contributed by atoms with E-state index in [0.29, 0.717) is 0 Å². The zero-order valence-electron chi connectivity index (χ0n) is 13.9. The fourth-order valence-corrected chi connectivity index (χ4v) is 3.09. The predicted molar refractivity (Wildman–Crippen MR) is 97.9 cm³/mol. The van der Waals surface area contributed by atoms with E-state index in [1.807, 2.05) is 19.1 Å². The smallest absolute Gasteiger partial charge is 0.269 e. The first-order valence-corrected chi connectivity index (χ1v) is 8.11. The molecule has 0 spiro atoms. The number of amides is 1. The van der Waals surface area contributed by atoms with Crippen LogP contribution in [0.1, 0.15) is 21.7 Å². The van der Waals surface area contributed by atoms with Crippen molar-refractivity contribution in [1.29, 1.82) is 0 Å². The molecule has 2 aromatic heterocycles. The number of nitrogens with zero attached hydrogens (tertiary/aromatic N) is 3. The van der Waals surface area contributed by atoms with Crippen LogP contribution in [0.5, 0.6) is 0 Å². The highest BCUT2D eigenvalue weighted by atomic mass is 16.1. The molecule has 5 nitrogen and oxygen atoms in total. The van der Waals surface area contributed by atoms with E-state index in [1.54, 1.807) is 10.7 Å². The maximum Gasteiger partial charge on any atom is 0.269 e. The van der Waals surface area contributed by atoms with Crippen molar-refractivity contribution in [2.45, 2.75) is 13.5 Å². The summed E-state index contributed by atoms with van der Waals surface area (Å²) in [5.41, 5.74) is 9.81. The van der Waals surface area contributed by atoms with Crippen molar-refractivity contribution in [3.8, 4) is 5.69 Å². The molecule has 4 aromatic rings. The molecule has 0 unspecified atom stereocenters. The number of carbonyl (C=O) groups excluding carboxylic acids is 1. The lowest BCUT2D eigenvalue weighted by Gasteiger charge is -2.08. The van der Waals surface area contributed by atoms with E-state index in [4.69, 9.17) is 5.73 Å². The Bertz CT molecular complexity index is 1060. The van der Waals surface area contributed by atoms with Gasteiger partial charge in [-0.1, -0.05) is 30.3 Å². The molecule has 0 aliphatic carbocycles. The van der Waals surface area contributed by atoms with Gasteiger partial charge in [-0.2, -0.15) is 5.10 Å². The molecule has 0 aliphatic heterocycles. The normalized spacial score (nSPS) is 11.1. The van der Waals surface area contributed by atoms with Crippen molar-refractivity contribution in [2.75, 3.05) is 0 Å². The quantitative estimate of drug-likeness (QED) is 0.624. The first kappa shape index (κ1) is 15.2. The molecule has 0 aliphatic rings. The first-order chi connectivity index (χ1) is 12.1. The van der Waals surface area contributed by atoms with E-state index < -0.39 is 5.91 Å². The van der Waals surface area contributed by atoms with E-state index in [-0.39, 0.29) is 5.69 Å². The molecule has 25 heavy (non-hydrogen) atoms. The molecule has 5 heteroatoms. The third kappa shape index (κ3) is 2.80. The number of aryl methyl sites for hydroxylation is 1. The highest BCUT2D eigenvalue weighted by Gasteiger charge is 2.11. The van der Waals surface area contributed by atoms with Crippen molar-refractivity contribution in [1.82, 2.24) is 14.3 Å². The second-order valence-electron chi connectivity index (χ2n) is 6.12. The Morgan fingerprint density at radius 1 is 1.08 bits per heavy atom. The number of hydrogen-bond donors (Lipinski definition) is 1. The average Bonchev–Trinajstić information content (AvgIpc) is 3.19. The summed E-state index contributed by atoms with van der Waals surface area (Å²) in [7, 11) is 0. The fraction of sp³-hybridized carbons (Fsp3) is 0.100. The van der Waals surface area contributed by atoms with Gasteiger partial charge < -0.3 is 10.3 Å². The van der Waals surface area contributed by atoms with Crippen LogP contribution in [0.25, 0.3) is 16.6 Å². The summed E-state index contributed by atoms with van der Waals surface area (Å²) in [4.78, 5) is 11.3. The van der Waals surface area contributed by atoms with Gasteiger partial charge in [-0.15, -0.1) is 0 Å². The van der Waals surface area contributed by atoms with Gasteiger partial charge in [0.1, 0.15) is 0 Å². The SMILES string of the molecule is Cc1cc(C(N)=O)nn1-c1ccc2c(ccn2Cc2ccccc2)c1. The van der Waals surface area contributed by atoms with Crippen molar-refractivity contribution < 1.29 is 4.79 Å². The molecule has 0 fully saturated rings. The third-order valence-corrected chi connectivity index (χ3v) is 4.33. The summed E-state index contributed by atoms with van der Waals surface area (Å²) < 4.78 is 3.97. The number of aromatic nitrogens is 3. The van der Waals surface area contributed by atoms with Gasteiger partial charge in [-0.3, -0.25) is 4.79 Å². The van der Waals surface area contributed by atoms with Crippen LogP contribution in [0.15, 0.2) is 66.9 Å². The summed E-state index contributed by atoms with van der Waals surface area (Å²) in [6.45, 7) is 2.74. The van der Waals surface area contributed by atoms with Crippen LogP contribution < -0.4 is 5.73 Å². The van der Waals surface area contributed by atoms with Crippen LogP contribution in [0.4, 0.5) is 0 Å². The first-order valence-electron chi connectivity index (χ1n) is 8.11. The van der Waals surface area contributed by atoms with Gasteiger partial charge in [0.25, 0.3) is 5.91 Å². The van der Waals surface area contributed by atoms with Crippen LogP contribution >= 0.6 is 0 Å². The molecule has 2 N–H and O–H groups in total. The van der Waals surface area contributed by atoms with E-state index >= 15 is 0 Å². The van der Waals surface area contributed by atoms with Gasteiger partial charge in [-0.25, -0.2) is 4.68 Å². The van der Waals surface area contributed by atoms with Crippen LogP contribution in [-0.4, -0.2) is 20.3 Å². The summed E-state index contributed by atoms with van der Waals surface area (Å²) in [5, 5.41) is 5.42. The Hall–Kier alpha value is -3.34. The minimum absolute atomic E-state index is 0.277. The van der Waals surface area contributed by atoms with E-state index in [2.05, 4.69) is 58.3 Å². The topological polar surface area (TPSA) is 65.8 Å². The van der Waals surface area contributed by atoms with Crippen molar-refractivity contribution >= 4 is 16.8 Å². The van der Waals surface area contributed by atoms with Gasteiger partial charge in [0.2, 0.25) is 0 Å². The number of primary amides is 1. The Morgan fingerprint density at radius 3 is 2.60 bits per heavy atom. The maximum absolute atomic E-state index is 11.3. The van der Waals surface area contributed by atoms with Gasteiger partial charge in [0, 0.05) is 29.3 Å². The van der Waals surface area contributed by atoms with Crippen molar-refractivity contribution in [2.24, 2.45) is 5.73 Å². The molecule has 0 bridgehead atoms. The molecular weight excluding hydrogens is 312 g/mol. The second kappa shape index (κ2) is 5.94. The molecule has 0 atom stereocenters. The lowest BCUT2D eigenvalue weighted by molar-refractivity contribution is 0.0995. The van der Waals surface area contributed by atoms with Crippen molar-refractivity contribution in [3.63, 3.8) is 0 Å². The summed E-state index contributed by atoms with van der Waals surface area (Å²) >= 11 is 0. The van der Waals surface area contributed by atoms with Gasteiger partial charge in [0.15, 0.2) is 5.69 Å². The molecule has 0 saturated carbocycles. The predicted octanol–water partition coefficient (Wildman–Crippen LogP) is 3.28. The largest absolute Gasteiger partial charge is 0.364 e. The monoisotopic (exact) mass is 330 g/mol. The van der Waals surface area contributed by atoms with Crippen LogP contribution in [0, 0.1) is 6.92 Å². The Morgan fingerprint density at radius 2 is 1.88 bits per heavy atom. The number of carbonyl (C=O) groups is 1. The standard InChI is InChI=1S/C20H18N4O/c1-14-11-18(20(21)25)22-24(14)17-7-8-19-16(12-17)9-10-23(19)13-15-5-3-2-4-6-15/h2-12H,13H2,1H3,(H2,21,25). The molecule has 2 heterocycles. The minimum atomic E-state index is -0.517. The average molecular weight is 330 g/mol. The zero-order valence-corrected chi connectivity index (χ0v) is 13.9. The van der Waals surface area contributed by atoms with E-state index in [0.717, 1.165) is 28.8 Å². The van der Waals surface area contributed by atoms with Crippen LogP contribution in [0.2, 0.25) is 0 Å². The van der Waals surface area contributed by atoms with Gasteiger partial charge >= 0.3 is 0 Å². The highest BCUT2D eigenvalue weighted by Crippen LogP contribution is 2.22. The number of fused-ring (bicyclic) bond motifs is 1. The van der Waals surface area contributed by atoms with Crippen LogP contribution in [-0.2, 0) is 6.54 Å². The number of rotatable bonds is 4. The van der Waals surface area contributed by atoms with Gasteiger partial charge in [0.05, 0.1) is 5.69 Å². The van der Waals surface area contributed by atoms with E-state index in [9.17, 15) is 4.79 Å². The number of benzene rings is 2. The molecule has 4 rings (SSSR count). The Balaban J connectivity index is 1.71. The lowest BCUT2D eigenvalue weighted by atomic mass is 10.2. The molecular formula is C20H18N4O. The van der Waals surface area contributed by atoms with E-state index in [1.165, 1.54) is 5.56 Å². The van der Waals surface area contributed by atoms with Crippen molar-refractivity contribution in [3.05, 3.63) is 83.8 Å². The molecule has 1 amide bonds. The van der Waals surface area contributed by atoms with Gasteiger partial charge in [-0.05, 0) is 42.8 Å². The molecule has 0 saturated heterocycles. The molecule has 0 radical (unpaired) electrons. The maximum atomic E-state index is 11.3. The summed E-state index contributed by atoms with van der Waals surface area (Å²) in [6.07, 6.45) is 2.09. The highest BCUT2D eigenvalue weighted by molar-refractivity contribution is 5.91. The molecule has 124 valence electrons. The molecule has 2 aromatic carbocycles.